The lowest BCUT2D eigenvalue weighted by Gasteiger charge is -2.07. The number of H-pyrrole nitrogens is 2. The van der Waals surface area contributed by atoms with Crippen molar-refractivity contribution in [1.29, 1.82) is 0 Å². The second-order valence-corrected chi connectivity index (χ2v) is 12.4. The van der Waals surface area contributed by atoms with Crippen molar-refractivity contribution >= 4 is 46.4 Å². The van der Waals surface area contributed by atoms with Gasteiger partial charge >= 0.3 is 0 Å². The van der Waals surface area contributed by atoms with Crippen LogP contribution < -0.4 is 0 Å². The van der Waals surface area contributed by atoms with Crippen molar-refractivity contribution in [2.45, 2.75) is 27.7 Å². The number of benzene rings is 3. The van der Waals surface area contributed by atoms with Crippen LogP contribution in [0.5, 0.6) is 0 Å². The summed E-state index contributed by atoms with van der Waals surface area (Å²) < 4.78 is 0. The first kappa shape index (κ1) is 27.8. The lowest BCUT2D eigenvalue weighted by molar-refractivity contribution is 1.27. The number of hydrogen-bond donors (Lipinski definition) is 2. The Labute approximate surface area is 268 Å². The van der Waals surface area contributed by atoms with E-state index in [1.54, 1.807) is 0 Å². The number of nitrogens with zero attached hydrogens (tertiary/aromatic N) is 2. The third-order valence-corrected chi connectivity index (χ3v) is 9.04. The molecule has 46 heavy (non-hydrogen) atoms. The molecule has 2 aliphatic rings. The summed E-state index contributed by atoms with van der Waals surface area (Å²) in [4.78, 5) is 18.1. The van der Waals surface area contributed by atoms with Crippen LogP contribution in [-0.4, -0.2) is 19.9 Å². The van der Waals surface area contributed by atoms with Gasteiger partial charge in [0.1, 0.15) is 0 Å². The van der Waals surface area contributed by atoms with Crippen molar-refractivity contribution in [3.8, 4) is 33.4 Å². The maximum Gasteiger partial charge on any atom is 0.0737 e. The minimum atomic E-state index is 0.920. The third-order valence-electron chi connectivity index (χ3n) is 9.04. The number of nitrogens with one attached hydrogen (secondary N) is 2. The third kappa shape index (κ3) is 4.89. The number of rotatable bonds is 3. The predicted molar refractivity (Wildman–Crippen MR) is 194 cm³/mol. The Morgan fingerprint density at radius 3 is 1.04 bits per heavy atom. The Morgan fingerprint density at radius 1 is 0.348 bits per heavy atom. The van der Waals surface area contributed by atoms with Gasteiger partial charge in [0.25, 0.3) is 0 Å². The molecule has 8 bridgehead atoms. The Bertz CT molecular complexity index is 2320. The lowest BCUT2D eigenvalue weighted by Crippen LogP contribution is -1.89. The van der Waals surface area contributed by atoms with E-state index >= 15 is 0 Å². The predicted octanol–water partition coefficient (Wildman–Crippen LogP) is 10.9. The van der Waals surface area contributed by atoms with E-state index in [4.69, 9.17) is 9.97 Å². The molecule has 0 saturated carbocycles. The molecule has 2 aliphatic heterocycles. The average Bonchev–Trinajstić information content (AvgIpc) is 3.89. The Morgan fingerprint density at radius 2 is 0.652 bits per heavy atom. The number of aromatic amines is 2. The minimum Gasteiger partial charge on any atom is -0.355 e. The normalized spacial score (nSPS) is 12.2. The fourth-order valence-electron chi connectivity index (χ4n) is 6.42. The summed E-state index contributed by atoms with van der Waals surface area (Å²) in [5.41, 5.74) is 19.1. The van der Waals surface area contributed by atoms with E-state index in [1.807, 2.05) is 0 Å². The average molecular weight is 595 g/mol. The van der Waals surface area contributed by atoms with Gasteiger partial charge in [-0.05, 0) is 98.5 Å². The molecule has 4 nitrogen and oxygen atoms in total. The highest BCUT2D eigenvalue weighted by atomic mass is 14.8. The molecule has 6 aromatic rings. The van der Waals surface area contributed by atoms with Crippen LogP contribution in [0.3, 0.4) is 0 Å². The van der Waals surface area contributed by atoms with Gasteiger partial charge in [-0.15, -0.1) is 0 Å². The largest absolute Gasteiger partial charge is 0.355 e. The molecule has 3 aromatic heterocycles. The first-order valence-electron chi connectivity index (χ1n) is 15.8. The molecule has 5 heterocycles. The highest BCUT2D eigenvalue weighted by Gasteiger charge is 2.17. The molecule has 0 aliphatic carbocycles. The van der Waals surface area contributed by atoms with Crippen molar-refractivity contribution in [3.63, 3.8) is 0 Å². The summed E-state index contributed by atoms with van der Waals surface area (Å²) in [5.74, 6) is 0. The molecule has 0 unspecified atom stereocenters. The van der Waals surface area contributed by atoms with E-state index in [9.17, 15) is 0 Å². The van der Waals surface area contributed by atoms with Crippen molar-refractivity contribution in [1.82, 2.24) is 19.9 Å². The molecule has 0 radical (unpaired) electrons. The SMILES string of the molecule is Cc1ccc(-c2c3nc(c(-c4ccc(C)cc4)c4ccc([nH]4)c(-c4ccc(C)cc4)c4nc(c(C)c5ccc2[nH]5)C=C4)C=C3)cc1. The summed E-state index contributed by atoms with van der Waals surface area (Å²) in [6, 6.07) is 34.7. The van der Waals surface area contributed by atoms with Crippen molar-refractivity contribution < 1.29 is 0 Å². The molecule has 0 fully saturated rings. The van der Waals surface area contributed by atoms with Crippen molar-refractivity contribution in [2.24, 2.45) is 0 Å². The quantitative estimate of drug-likeness (QED) is 0.214. The molecule has 2 N–H and O–H groups in total. The van der Waals surface area contributed by atoms with Crippen molar-refractivity contribution in [2.75, 3.05) is 0 Å². The van der Waals surface area contributed by atoms with E-state index in [-0.39, 0.29) is 0 Å². The zero-order chi connectivity index (χ0) is 31.4. The summed E-state index contributed by atoms with van der Waals surface area (Å²) in [5, 5.41) is 0. The molecule has 8 rings (SSSR count). The first-order chi connectivity index (χ1) is 22.4. The Kier molecular flexibility index (Phi) is 6.65. The first-order valence-corrected chi connectivity index (χ1v) is 15.8. The van der Waals surface area contributed by atoms with Crippen LogP contribution in [0.25, 0.3) is 79.8 Å². The van der Waals surface area contributed by atoms with Gasteiger partial charge in [-0.25, -0.2) is 9.97 Å². The smallest absolute Gasteiger partial charge is 0.0737 e. The summed E-state index contributed by atoms with van der Waals surface area (Å²) >= 11 is 0. The fraction of sp³-hybridized carbons (Fsp3) is 0.0952. The van der Waals surface area contributed by atoms with Crippen LogP contribution in [0, 0.1) is 27.7 Å². The van der Waals surface area contributed by atoms with E-state index in [1.165, 1.54) is 16.7 Å². The molecular formula is C42H34N4. The monoisotopic (exact) mass is 594 g/mol. The van der Waals surface area contributed by atoms with Crippen molar-refractivity contribution in [3.05, 3.63) is 142 Å². The van der Waals surface area contributed by atoms with Gasteiger partial charge in [-0.3, -0.25) is 0 Å². The lowest BCUT2D eigenvalue weighted by atomic mass is 10.0. The second-order valence-electron chi connectivity index (χ2n) is 12.4. The highest BCUT2D eigenvalue weighted by molar-refractivity contribution is 5.97. The number of fused-ring (bicyclic) bond motifs is 8. The maximum absolute atomic E-state index is 5.34. The molecular weight excluding hydrogens is 560 g/mol. The number of hydrogen-bond acceptors (Lipinski definition) is 2. The number of aromatic nitrogens is 4. The van der Waals surface area contributed by atoms with Gasteiger partial charge in [-0.2, -0.15) is 0 Å². The summed E-state index contributed by atoms with van der Waals surface area (Å²) in [6.07, 6.45) is 8.55. The van der Waals surface area contributed by atoms with Crippen LogP contribution in [0.2, 0.25) is 0 Å². The van der Waals surface area contributed by atoms with Crippen LogP contribution in [0.15, 0.2) is 97.1 Å². The zero-order valence-corrected chi connectivity index (χ0v) is 26.4. The van der Waals surface area contributed by atoms with Gasteiger partial charge in [0.15, 0.2) is 0 Å². The van der Waals surface area contributed by atoms with Gasteiger partial charge in [0, 0.05) is 38.8 Å². The molecule has 0 atom stereocenters. The zero-order valence-electron chi connectivity index (χ0n) is 26.4. The Balaban J connectivity index is 1.54. The van der Waals surface area contributed by atoms with Gasteiger partial charge in [-0.1, -0.05) is 89.5 Å². The van der Waals surface area contributed by atoms with E-state index in [2.05, 4.69) is 159 Å². The molecule has 222 valence electrons. The maximum atomic E-state index is 5.34. The topological polar surface area (TPSA) is 57.4 Å². The fourth-order valence-corrected chi connectivity index (χ4v) is 6.42. The molecule has 0 spiro atoms. The van der Waals surface area contributed by atoms with Crippen LogP contribution in [0.1, 0.15) is 45.0 Å². The standard InChI is InChI=1S/C42H34N4/c1-25-5-11-29(12-6-25)40-34-19-17-32(43-34)28(4)33-18-20-35(44-33)41(30-13-7-26(2)8-14-30)37-22-24-39(46-37)42(38-23-21-36(40)45-38)31-15-9-27(3)10-16-31/h5-24,43,46H,1-4H3. The summed E-state index contributed by atoms with van der Waals surface area (Å²) in [6.45, 7) is 8.49. The van der Waals surface area contributed by atoms with Crippen LogP contribution >= 0.6 is 0 Å². The molecule has 3 aromatic carbocycles. The molecule has 4 heteroatoms. The molecule has 0 amide bonds. The second kappa shape index (κ2) is 11.0. The minimum absolute atomic E-state index is 0.920. The van der Waals surface area contributed by atoms with Gasteiger partial charge < -0.3 is 9.97 Å². The molecule has 0 saturated heterocycles. The van der Waals surface area contributed by atoms with Crippen LogP contribution in [-0.2, 0) is 0 Å². The van der Waals surface area contributed by atoms with E-state index in [0.29, 0.717) is 0 Å². The van der Waals surface area contributed by atoms with Gasteiger partial charge in [0.2, 0.25) is 0 Å². The number of aryl methyl sites for hydroxylation is 4. The highest BCUT2D eigenvalue weighted by Crippen LogP contribution is 2.36. The van der Waals surface area contributed by atoms with Crippen LogP contribution in [0.4, 0.5) is 0 Å². The van der Waals surface area contributed by atoms with E-state index in [0.717, 1.165) is 83.8 Å². The Hall–Kier alpha value is -5.74. The summed E-state index contributed by atoms with van der Waals surface area (Å²) in [7, 11) is 0. The van der Waals surface area contributed by atoms with Gasteiger partial charge in [0.05, 0.1) is 22.8 Å². The van der Waals surface area contributed by atoms with E-state index < -0.39 is 0 Å².